The number of anilines is 1. The van der Waals surface area contributed by atoms with E-state index in [1.807, 2.05) is 18.2 Å². The van der Waals surface area contributed by atoms with Crippen molar-refractivity contribution >= 4 is 28.2 Å². The van der Waals surface area contributed by atoms with Crippen molar-refractivity contribution in [1.82, 2.24) is 0 Å². The molecule has 0 aliphatic carbocycles. The van der Waals surface area contributed by atoms with E-state index in [2.05, 4.69) is 23.5 Å². The number of aryl methyl sites for hydroxylation is 1. The highest BCUT2D eigenvalue weighted by molar-refractivity contribution is 5.88. The Morgan fingerprint density at radius 2 is 1.57 bits per heavy atom. The number of Topliss-reactive ketones (excluding diaryl/α,β-unsaturated/α-hetero) is 1. The monoisotopic (exact) mass is 379 g/mol. The summed E-state index contributed by atoms with van der Waals surface area (Å²) in [6, 6.07) is 18.6. The number of nitrogens with one attached hydrogen (secondary N) is 1. The number of amides is 1. The van der Waals surface area contributed by atoms with Crippen LogP contribution in [0.15, 0.2) is 60.7 Å². The van der Waals surface area contributed by atoms with Gasteiger partial charge in [0.25, 0.3) is 0 Å². The van der Waals surface area contributed by atoms with Crippen molar-refractivity contribution in [2.75, 3.05) is 12.4 Å². The lowest BCUT2D eigenvalue weighted by molar-refractivity contribution is -0.117. The van der Waals surface area contributed by atoms with E-state index in [9.17, 15) is 9.59 Å². The summed E-state index contributed by atoms with van der Waals surface area (Å²) in [6.07, 6.45) is 1.43. The summed E-state index contributed by atoms with van der Waals surface area (Å²) in [4.78, 5) is 21.5. The SMILES string of the molecule is CC(=O)Nc1ccc(O)cc1.COc1ccc2cc(CCC(C)=O)ccc2c1. The average molecular weight is 379 g/mol. The van der Waals surface area contributed by atoms with Crippen LogP contribution in [0.4, 0.5) is 5.69 Å². The van der Waals surface area contributed by atoms with Crippen molar-refractivity contribution in [2.45, 2.75) is 26.7 Å². The van der Waals surface area contributed by atoms with Crippen LogP contribution in [-0.2, 0) is 16.0 Å². The van der Waals surface area contributed by atoms with Crippen molar-refractivity contribution in [2.24, 2.45) is 0 Å². The first-order valence-electron chi connectivity index (χ1n) is 9.00. The molecule has 0 aliphatic heterocycles. The van der Waals surface area contributed by atoms with Gasteiger partial charge < -0.3 is 20.0 Å². The van der Waals surface area contributed by atoms with Crippen LogP contribution in [0.5, 0.6) is 11.5 Å². The molecule has 0 fully saturated rings. The van der Waals surface area contributed by atoms with Gasteiger partial charge in [-0.05, 0) is 66.1 Å². The molecule has 146 valence electrons. The number of benzene rings is 3. The molecule has 0 saturated heterocycles. The third kappa shape index (κ3) is 6.76. The van der Waals surface area contributed by atoms with E-state index in [4.69, 9.17) is 9.84 Å². The fraction of sp³-hybridized carbons (Fsp3) is 0.217. The normalized spacial score (nSPS) is 9.96. The summed E-state index contributed by atoms with van der Waals surface area (Å²) in [6.45, 7) is 3.07. The second kappa shape index (κ2) is 10.1. The van der Waals surface area contributed by atoms with E-state index in [0.717, 1.165) is 17.6 Å². The molecule has 0 bridgehead atoms. The molecule has 2 N–H and O–H groups in total. The van der Waals surface area contributed by atoms with Gasteiger partial charge >= 0.3 is 0 Å². The molecule has 5 nitrogen and oxygen atoms in total. The first-order valence-corrected chi connectivity index (χ1v) is 9.00. The zero-order valence-electron chi connectivity index (χ0n) is 16.4. The third-order valence-corrected chi connectivity index (χ3v) is 4.07. The fourth-order valence-electron chi connectivity index (χ4n) is 2.62. The molecule has 0 saturated carbocycles. The standard InChI is InChI=1S/C15H16O2.C8H9NO2/c1-11(16)3-4-12-5-6-14-10-15(17-2)8-7-13(14)9-12;1-6(10)9-7-2-4-8(11)5-3-7/h5-10H,3-4H2,1-2H3;2-5,11H,1H3,(H,9,10). The van der Waals surface area contributed by atoms with Crippen LogP contribution >= 0.6 is 0 Å². The number of rotatable bonds is 5. The number of fused-ring (bicyclic) bond motifs is 1. The topological polar surface area (TPSA) is 75.6 Å². The minimum Gasteiger partial charge on any atom is -0.508 e. The lowest BCUT2D eigenvalue weighted by atomic mass is 10.0. The largest absolute Gasteiger partial charge is 0.508 e. The van der Waals surface area contributed by atoms with Gasteiger partial charge in [-0.1, -0.05) is 24.3 Å². The van der Waals surface area contributed by atoms with Gasteiger partial charge in [0.05, 0.1) is 7.11 Å². The first-order chi connectivity index (χ1) is 13.4. The van der Waals surface area contributed by atoms with Gasteiger partial charge in [-0.25, -0.2) is 0 Å². The number of ketones is 1. The highest BCUT2D eigenvalue weighted by Gasteiger charge is 2.00. The van der Waals surface area contributed by atoms with E-state index in [1.54, 1.807) is 26.2 Å². The molecule has 0 spiro atoms. The highest BCUT2D eigenvalue weighted by Crippen LogP contribution is 2.22. The van der Waals surface area contributed by atoms with E-state index < -0.39 is 0 Å². The number of carbonyl (C=O) groups excluding carboxylic acids is 2. The Morgan fingerprint density at radius 3 is 2.18 bits per heavy atom. The van der Waals surface area contributed by atoms with Crippen LogP contribution in [0, 0.1) is 0 Å². The quantitative estimate of drug-likeness (QED) is 0.629. The maximum Gasteiger partial charge on any atom is 0.221 e. The maximum absolute atomic E-state index is 10.9. The molecule has 3 aromatic rings. The summed E-state index contributed by atoms with van der Waals surface area (Å²) >= 11 is 0. The fourth-order valence-corrected chi connectivity index (χ4v) is 2.62. The summed E-state index contributed by atoms with van der Waals surface area (Å²) < 4.78 is 5.19. The zero-order chi connectivity index (χ0) is 20.5. The molecule has 0 aliphatic rings. The van der Waals surface area contributed by atoms with Gasteiger partial charge in [0, 0.05) is 19.0 Å². The van der Waals surface area contributed by atoms with Gasteiger partial charge in [0.1, 0.15) is 17.3 Å². The smallest absolute Gasteiger partial charge is 0.221 e. The van der Waals surface area contributed by atoms with Crippen LogP contribution in [0.25, 0.3) is 10.8 Å². The molecule has 0 radical (unpaired) electrons. The predicted molar refractivity (Wildman–Crippen MR) is 112 cm³/mol. The van der Waals surface area contributed by atoms with E-state index in [0.29, 0.717) is 12.1 Å². The highest BCUT2D eigenvalue weighted by atomic mass is 16.5. The Kier molecular flexibility index (Phi) is 7.57. The van der Waals surface area contributed by atoms with Gasteiger partial charge in [0.2, 0.25) is 5.91 Å². The molecule has 28 heavy (non-hydrogen) atoms. The number of ether oxygens (including phenoxy) is 1. The molecule has 0 atom stereocenters. The van der Waals surface area contributed by atoms with Gasteiger partial charge in [-0.15, -0.1) is 0 Å². The molecular formula is C23H25NO4. The van der Waals surface area contributed by atoms with Gasteiger partial charge in [-0.3, -0.25) is 4.79 Å². The zero-order valence-corrected chi connectivity index (χ0v) is 16.4. The van der Waals surface area contributed by atoms with Crippen molar-refractivity contribution in [3.8, 4) is 11.5 Å². The Balaban J connectivity index is 0.000000221. The summed E-state index contributed by atoms with van der Waals surface area (Å²) in [5.41, 5.74) is 1.90. The Bertz CT molecular complexity index is 948. The Hall–Kier alpha value is -3.34. The maximum atomic E-state index is 10.9. The van der Waals surface area contributed by atoms with Gasteiger partial charge in [0.15, 0.2) is 0 Å². The Labute approximate surface area is 165 Å². The number of hydrogen-bond donors (Lipinski definition) is 2. The van der Waals surface area contributed by atoms with Crippen LogP contribution in [-0.4, -0.2) is 23.9 Å². The number of hydrogen-bond acceptors (Lipinski definition) is 4. The van der Waals surface area contributed by atoms with Crippen LogP contribution in [0.2, 0.25) is 0 Å². The van der Waals surface area contributed by atoms with E-state index in [-0.39, 0.29) is 17.4 Å². The van der Waals surface area contributed by atoms with Crippen molar-refractivity contribution in [3.05, 3.63) is 66.2 Å². The van der Waals surface area contributed by atoms with Crippen LogP contribution in [0.1, 0.15) is 25.8 Å². The molecule has 0 unspecified atom stereocenters. The minimum atomic E-state index is -0.115. The predicted octanol–water partition coefficient (Wildman–Crippen LogP) is 4.72. The molecule has 3 aromatic carbocycles. The van der Waals surface area contributed by atoms with Crippen molar-refractivity contribution in [3.63, 3.8) is 0 Å². The molecular weight excluding hydrogens is 354 g/mol. The average Bonchev–Trinajstić information content (AvgIpc) is 2.67. The minimum absolute atomic E-state index is 0.115. The lowest BCUT2D eigenvalue weighted by Gasteiger charge is -2.05. The van der Waals surface area contributed by atoms with Crippen LogP contribution in [0.3, 0.4) is 0 Å². The number of phenols is 1. The van der Waals surface area contributed by atoms with Crippen LogP contribution < -0.4 is 10.1 Å². The van der Waals surface area contributed by atoms with Crippen molar-refractivity contribution < 1.29 is 19.4 Å². The molecule has 5 heteroatoms. The summed E-state index contributed by atoms with van der Waals surface area (Å²) in [5.74, 6) is 1.18. The summed E-state index contributed by atoms with van der Waals surface area (Å²) in [5, 5.41) is 13.8. The number of carbonyl (C=O) groups is 2. The molecule has 3 rings (SSSR count). The lowest BCUT2D eigenvalue weighted by Crippen LogP contribution is -2.04. The van der Waals surface area contributed by atoms with Gasteiger partial charge in [-0.2, -0.15) is 0 Å². The molecule has 0 aromatic heterocycles. The van der Waals surface area contributed by atoms with E-state index >= 15 is 0 Å². The molecule has 0 heterocycles. The summed E-state index contributed by atoms with van der Waals surface area (Å²) in [7, 11) is 1.67. The number of phenolic OH excluding ortho intramolecular Hbond substituents is 1. The third-order valence-electron chi connectivity index (χ3n) is 4.07. The first kappa shape index (κ1) is 21.0. The number of aromatic hydroxyl groups is 1. The number of methoxy groups -OCH3 is 1. The molecule has 1 amide bonds. The second-order valence-electron chi connectivity index (χ2n) is 6.48. The Morgan fingerprint density at radius 1 is 0.929 bits per heavy atom. The second-order valence-corrected chi connectivity index (χ2v) is 6.48. The van der Waals surface area contributed by atoms with E-state index in [1.165, 1.54) is 30.0 Å². The van der Waals surface area contributed by atoms with Crippen molar-refractivity contribution in [1.29, 1.82) is 0 Å².